The van der Waals surface area contributed by atoms with Gasteiger partial charge >= 0.3 is 0 Å². The van der Waals surface area contributed by atoms with Crippen molar-refractivity contribution in [3.8, 4) is 0 Å². The molecule has 0 aromatic rings. The van der Waals surface area contributed by atoms with Gasteiger partial charge in [-0.15, -0.1) is 0 Å². The van der Waals surface area contributed by atoms with Gasteiger partial charge in [0.2, 0.25) is 5.91 Å². The molecule has 5 nitrogen and oxygen atoms in total. The first-order chi connectivity index (χ1) is 30.6. The molecule has 0 saturated carbocycles. The smallest absolute Gasteiger partial charge is 0.220 e. The summed E-state index contributed by atoms with van der Waals surface area (Å²) in [5.74, 6) is -0.139. The highest BCUT2D eigenvalue weighted by Crippen LogP contribution is 2.19. The predicted molar refractivity (Wildman–Crippen MR) is 273 cm³/mol. The second kappa shape index (κ2) is 53.0. The van der Waals surface area contributed by atoms with Gasteiger partial charge in [0.25, 0.3) is 0 Å². The first-order valence-corrected chi connectivity index (χ1v) is 28.8. The van der Waals surface area contributed by atoms with Crippen LogP contribution in [0.4, 0.5) is 0 Å². The normalized spacial score (nSPS) is 13.2. The molecule has 0 rings (SSSR count). The zero-order valence-corrected chi connectivity index (χ0v) is 42.5. The van der Waals surface area contributed by atoms with Crippen LogP contribution in [0.3, 0.4) is 0 Å². The van der Waals surface area contributed by atoms with Crippen LogP contribution in [0.25, 0.3) is 0 Å². The molecule has 62 heavy (non-hydrogen) atoms. The molecule has 0 spiro atoms. The third-order valence-electron chi connectivity index (χ3n) is 14.0. The van der Waals surface area contributed by atoms with E-state index in [1.807, 2.05) is 0 Å². The van der Waals surface area contributed by atoms with Crippen molar-refractivity contribution in [3.05, 3.63) is 0 Å². The van der Waals surface area contributed by atoms with Gasteiger partial charge in [-0.2, -0.15) is 0 Å². The minimum Gasteiger partial charge on any atom is -0.394 e. The molecule has 0 aromatic heterocycles. The monoisotopic (exact) mass is 878 g/mol. The zero-order valence-electron chi connectivity index (χ0n) is 42.5. The van der Waals surface area contributed by atoms with Gasteiger partial charge in [-0.1, -0.05) is 316 Å². The molecule has 0 radical (unpaired) electrons. The van der Waals surface area contributed by atoms with E-state index in [1.54, 1.807) is 0 Å². The van der Waals surface area contributed by atoms with E-state index in [0.717, 1.165) is 38.5 Å². The average Bonchev–Trinajstić information content (AvgIpc) is 3.28. The Bertz CT molecular complexity index is 838. The summed E-state index contributed by atoms with van der Waals surface area (Å²) >= 11 is 0. The summed E-state index contributed by atoms with van der Waals surface area (Å²) in [6.07, 6.45) is 64.5. The number of hydrogen-bond acceptors (Lipinski definition) is 4. The second-order valence-corrected chi connectivity index (χ2v) is 20.2. The quantitative estimate of drug-likeness (QED) is 0.0458. The number of hydrogen-bond donors (Lipinski definition) is 4. The topological polar surface area (TPSA) is 89.8 Å². The number of unbranched alkanes of at least 4 members (excludes halogenated alkanes) is 46. The fourth-order valence-electron chi connectivity index (χ4n) is 9.52. The molecule has 5 heteroatoms. The lowest BCUT2D eigenvalue weighted by molar-refractivity contribution is -0.124. The van der Waals surface area contributed by atoms with Gasteiger partial charge in [-0.25, -0.2) is 0 Å². The van der Waals surface area contributed by atoms with E-state index in [4.69, 9.17) is 0 Å². The molecule has 4 N–H and O–H groups in total. The molecule has 3 atom stereocenters. The Morgan fingerprint density at radius 1 is 0.339 bits per heavy atom. The summed E-state index contributed by atoms with van der Waals surface area (Å²) in [7, 11) is 0. The Morgan fingerprint density at radius 2 is 0.548 bits per heavy atom. The molecule has 0 heterocycles. The van der Waals surface area contributed by atoms with E-state index in [9.17, 15) is 20.1 Å². The fraction of sp³-hybridized carbons (Fsp3) is 0.982. The van der Waals surface area contributed by atoms with Gasteiger partial charge in [0.15, 0.2) is 0 Å². The van der Waals surface area contributed by atoms with Crippen molar-refractivity contribution in [1.82, 2.24) is 5.32 Å². The maximum atomic E-state index is 12.4. The fourth-order valence-corrected chi connectivity index (χ4v) is 9.52. The summed E-state index contributed by atoms with van der Waals surface area (Å²) in [5.41, 5.74) is 0. The van der Waals surface area contributed by atoms with Gasteiger partial charge in [-0.05, 0) is 12.8 Å². The Hall–Kier alpha value is -0.650. The second-order valence-electron chi connectivity index (χ2n) is 20.2. The Balaban J connectivity index is 3.33. The van der Waals surface area contributed by atoms with Crippen LogP contribution in [-0.2, 0) is 4.79 Å². The molecule has 0 saturated heterocycles. The van der Waals surface area contributed by atoms with Crippen molar-refractivity contribution in [3.63, 3.8) is 0 Å². The van der Waals surface area contributed by atoms with Crippen LogP contribution < -0.4 is 5.32 Å². The Labute approximate surface area is 389 Å². The lowest BCUT2D eigenvalue weighted by Gasteiger charge is -2.26. The van der Waals surface area contributed by atoms with Crippen molar-refractivity contribution >= 4 is 5.91 Å². The first-order valence-electron chi connectivity index (χ1n) is 28.8. The van der Waals surface area contributed by atoms with Gasteiger partial charge in [-0.3, -0.25) is 4.79 Å². The zero-order chi connectivity index (χ0) is 45.1. The number of carbonyl (C=O) groups excluding carboxylic acids is 1. The van der Waals surface area contributed by atoms with Crippen molar-refractivity contribution in [2.45, 2.75) is 353 Å². The Kier molecular flexibility index (Phi) is 52.4. The van der Waals surface area contributed by atoms with Gasteiger partial charge < -0.3 is 20.6 Å². The molecule has 0 aliphatic carbocycles. The standard InChI is InChI=1S/C57H115NO4/c1-3-5-7-9-11-13-14-15-16-17-18-19-20-21-22-23-24-25-26-27-28-29-30-31-32-33-34-35-36-37-38-39-40-41-42-44-46-48-50-52-56(61)58-54(53-59)57(62)55(60)51-49-47-45-43-12-10-8-6-4-2/h54-55,57,59-60,62H,3-53H2,1-2H3,(H,58,61). The van der Waals surface area contributed by atoms with Gasteiger partial charge in [0.05, 0.1) is 18.8 Å². The van der Waals surface area contributed by atoms with Crippen LogP contribution in [0.5, 0.6) is 0 Å². The van der Waals surface area contributed by atoms with E-state index in [1.165, 1.54) is 270 Å². The number of rotatable bonds is 54. The SMILES string of the molecule is CCCCCCCCCCCCCCCCCCCCCCCCCCCCCCCCCCCCCCCCCC(=O)NC(CO)C(O)C(O)CCCCCCCCCCC. The number of carbonyl (C=O) groups is 1. The van der Waals surface area contributed by atoms with Crippen LogP contribution in [0, 0.1) is 0 Å². The van der Waals surface area contributed by atoms with E-state index < -0.39 is 18.2 Å². The van der Waals surface area contributed by atoms with E-state index in [2.05, 4.69) is 19.2 Å². The van der Waals surface area contributed by atoms with E-state index >= 15 is 0 Å². The molecule has 0 bridgehead atoms. The van der Waals surface area contributed by atoms with E-state index in [-0.39, 0.29) is 12.5 Å². The molecular weight excluding hydrogens is 763 g/mol. The highest BCUT2D eigenvalue weighted by Gasteiger charge is 2.26. The number of aliphatic hydroxyl groups is 3. The van der Waals surface area contributed by atoms with Crippen LogP contribution in [-0.4, -0.2) is 46.1 Å². The van der Waals surface area contributed by atoms with Crippen LogP contribution in [0.1, 0.15) is 335 Å². The number of amides is 1. The minimum absolute atomic E-state index is 0.139. The molecule has 3 unspecified atom stereocenters. The molecule has 0 aliphatic rings. The highest BCUT2D eigenvalue weighted by atomic mass is 16.3. The lowest BCUT2D eigenvalue weighted by atomic mass is 9.99. The minimum atomic E-state index is -1.13. The summed E-state index contributed by atoms with van der Waals surface area (Å²) in [4.78, 5) is 12.4. The van der Waals surface area contributed by atoms with Crippen LogP contribution in [0.2, 0.25) is 0 Å². The summed E-state index contributed by atoms with van der Waals surface area (Å²) < 4.78 is 0. The summed E-state index contributed by atoms with van der Waals surface area (Å²) in [6, 6.07) is -0.802. The van der Waals surface area contributed by atoms with Crippen LogP contribution in [0.15, 0.2) is 0 Å². The largest absolute Gasteiger partial charge is 0.394 e. The third-order valence-corrected chi connectivity index (χ3v) is 14.0. The highest BCUT2D eigenvalue weighted by molar-refractivity contribution is 5.76. The molecule has 372 valence electrons. The molecular formula is C57H115NO4. The maximum absolute atomic E-state index is 12.4. The third kappa shape index (κ3) is 47.3. The summed E-state index contributed by atoms with van der Waals surface area (Å²) in [5, 5.41) is 33.5. The number of nitrogens with one attached hydrogen (secondary N) is 1. The molecule has 1 amide bonds. The molecule has 0 aromatic carbocycles. The van der Waals surface area contributed by atoms with Crippen molar-refractivity contribution in [2.75, 3.05) is 6.61 Å². The number of aliphatic hydroxyl groups excluding tert-OH is 3. The van der Waals surface area contributed by atoms with Crippen molar-refractivity contribution < 1.29 is 20.1 Å². The van der Waals surface area contributed by atoms with Gasteiger partial charge in [0, 0.05) is 6.42 Å². The first kappa shape index (κ1) is 61.4. The predicted octanol–water partition coefficient (Wildman–Crippen LogP) is 17.7. The maximum Gasteiger partial charge on any atom is 0.220 e. The lowest BCUT2D eigenvalue weighted by Crippen LogP contribution is -2.50. The molecule has 0 fully saturated rings. The molecule has 0 aliphatic heterocycles. The average molecular weight is 879 g/mol. The van der Waals surface area contributed by atoms with Crippen LogP contribution >= 0.6 is 0 Å². The van der Waals surface area contributed by atoms with Crippen molar-refractivity contribution in [2.24, 2.45) is 0 Å². The van der Waals surface area contributed by atoms with Gasteiger partial charge in [0.1, 0.15) is 6.10 Å². The summed E-state index contributed by atoms with van der Waals surface area (Å²) in [6.45, 7) is 4.18. The van der Waals surface area contributed by atoms with E-state index in [0.29, 0.717) is 12.8 Å². The Morgan fingerprint density at radius 3 is 0.774 bits per heavy atom. The van der Waals surface area contributed by atoms with Crippen molar-refractivity contribution in [1.29, 1.82) is 0 Å².